The molecule has 0 saturated carbocycles. The maximum absolute atomic E-state index is 5.81. The third-order valence-corrected chi connectivity index (χ3v) is 3.84. The van der Waals surface area contributed by atoms with E-state index in [1.807, 2.05) is 6.07 Å². The second-order valence-corrected chi connectivity index (χ2v) is 6.72. The van der Waals surface area contributed by atoms with Gasteiger partial charge in [-0.25, -0.2) is 0 Å². The summed E-state index contributed by atoms with van der Waals surface area (Å²) in [6, 6.07) is 6.70. The van der Waals surface area contributed by atoms with Crippen molar-refractivity contribution in [1.82, 2.24) is 5.32 Å². The van der Waals surface area contributed by atoms with Gasteiger partial charge in [0, 0.05) is 26.1 Å². The minimum atomic E-state index is -0.145. The molecule has 1 aromatic carbocycles. The molecule has 3 nitrogen and oxygen atoms in total. The highest BCUT2D eigenvalue weighted by atomic mass is 79.9. The van der Waals surface area contributed by atoms with Gasteiger partial charge in [-0.3, -0.25) is 0 Å². The van der Waals surface area contributed by atoms with Crippen LogP contribution in [-0.4, -0.2) is 25.4 Å². The molecular weight excluding hydrogens is 318 g/mol. The van der Waals surface area contributed by atoms with Crippen molar-refractivity contribution in [3.05, 3.63) is 28.2 Å². The number of nitrogens with one attached hydrogen (secondary N) is 1. The Labute approximate surface area is 131 Å². The summed E-state index contributed by atoms with van der Waals surface area (Å²) in [5, 5.41) is 3.40. The largest absolute Gasteiger partial charge is 0.492 e. The van der Waals surface area contributed by atoms with Crippen LogP contribution in [0.25, 0.3) is 0 Å². The zero-order valence-corrected chi connectivity index (χ0v) is 14.7. The molecule has 0 fully saturated rings. The van der Waals surface area contributed by atoms with Gasteiger partial charge in [-0.05, 0) is 47.5 Å². The number of methoxy groups -OCH3 is 1. The van der Waals surface area contributed by atoms with Gasteiger partial charge >= 0.3 is 0 Å². The molecule has 4 heteroatoms. The summed E-state index contributed by atoms with van der Waals surface area (Å²) < 4.78 is 12.2. The first kappa shape index (κ1) is 17.5. The van der Waals surface area contributed by atoms with E-state index in [0.717, 1.165) is 23.2 Å². The Morgan fingerprint density at radius 1 is 1.30 bits per heavy atom. The fourth-order valence-corrected chi connectivity index (χ4v) is 2.14. The number of hydrogen-bond donors (Lipinski definition) is 1. The summed E-state index contributed by atoms with van der Waals surface area (Å²) in [6.45, 7) is 9.92. The van der Waals surface area contributed by atoms with Crippen molar-refractivity contribution in [1.29, 1.82) is 0 Å². The Morgan fingerprint density at radius 2 is 2.00 bits per heavy atom. The second-order valence-electron chi connectivity index (χ2n) is 5.86. The fraction of sp³-hybridized carbons (Fsp3) is 0.625. The van der Waals surface area contributed by atoms with Crippen LogP contribution in [0.5, 0.6) is 5.75 Å². The molecular formula is C16H26BrNO2. The molecule has 0 spiro atoms. The van der Waals surface area contributed by atoms with Crippen molar-refractivity contribution < 1.29 is 9.47 Å². The molecule has 0 bridgehead atoms. The van der Waals surface area contributed by atoms with Crippen LogP contribution in [0.15, 0.2) is 22.7 Å². The highest BCUT2D eigenvalue weighted by Crippen LogP contribution is 2.27. The number of rotatable bonds is 8. The number of hydrogen-bond acceptors (Lipinski definition) is 3. The lowest BCUT2D eigenvalue weighted by atomic mass is 10.1. The minimum Gasteiger partial charge on any atom is -0.492 e. The molecule has 0 aromatic heterocycles. The van der Waals surface area contributed by atoms with Crippen molar-refractivity contribution in [2.24, 2.45) is 0 Å². The summed E-state index contributed by atoms with van der Waals surface area (Å²) in [4.78, 5) is 0. The van der Waals surface area contributed by atoms with E-state index in [2.05, 4.69) is 61.1 Å². The van der Waals surface area contributed by atoms with Crippen LogP contribution >= 0.6 is 15.9 Å². The first-order valence-corrected chi connectivity index (χ1v) is 7.83. The predicted octanol–water partition coefficient (Wildman–Crippen LogP) is 4.14. The van der Waals surface area contributed by atoms with Gasteiger partial charge in [0.2, 0.25) is 0 Å². The fourth-order valence-electron chi connectivity index (χ4n) is 1.60. The summed E-state index contributed by atoms with van der Waals surface area (Å²) >= 11 is 3.57. The van der Waals surface area contributed by atoms with Gasteiger partial charge in [0.15, 0.2) is 0 Å². The average Bonchev–Trinajstić information content (AvgIpc) is 2.38. The van der Waals surface area contributed by atoms with Crippen LogP contribution in [0, 0.1) is 0 Å². The van der Waals surface area contributed by atoms with Gasteiger partial charge in [-0.15, -0.1) is 0 Å². The molecule has 1 N–H and O–H groups in total. The summed E-state index contributed by atoms with van der Waals surface area (Å²) in [5.41, 5.74) is 1.10. The standard InChI is InChI=1S/C16H26BrNO2/c1-12(2)18-11-13-6-7-15(14(17)10-13)20-9-8-16(3,4)19-5/h6-7,10,12,18H,8-9,11H2,1-5H3. The van der Waals surface area contributed by atoms with Crippen molar-refractivity contribution in [2.45, 2.75) is 52.3 Å². The number of benzene rings is 1. The molecule has 0 amide bonds. The highest BCUT2D eigenvalue weighted by molar-refractivity contribution is 9.10. The molecule has 0 aliphatic carbocycles. The average molecular weight is 344 g/mol. The van der Waals surface area contributed by atoms with E-state index >= 15 is 0 Å². The minimum absolute atomic E-state index is 0.145. The van der Waals surface area contributed by atoms with E-state index in [4.69, 9.17) is 9.47 Å². The van der Waals surface area contributed by atoms with Gasteiger partial charge in [0.05, 0.1) is 16.7 Å². The Bertz CT molecular complexity index is 419. The second kappa shape index (κ2) is 8.01. The number of halogens is 1. The van der Waals surface area contributed by atoms with Crippen LogP contribution < -0.4 is 10.1 Å². The molecule has 114 valence electrons. The zero-order valence-electron chi connectivity index (χ0n) is 13.1. The van der Waals surface area contributed by atoms with Crippen molar-refractivity contribution >= 4 is 15.9 Å². The van der Waals surface area contributed by atoms with Crippen LogP contribution in [-0.2, 0) is 11.3 Å². The summed E-state index contributed by atoms with van der Waals surface area (Å²) in [6.07, 6.45) is 0.854. The molecule has 1 rings (SSSR count). The molecule has 0 saturated heterocycles. The quantitative estimate of drug-likeness (QED) is 0.769. The van der Waals surface area contributed by atoms with Gasteiger partial charge in [-0.2, -0.15) is 0 Å². The van der Waals surface area contributed by atoms with Crippen molar-refractivity contribution in [3.8, 4) is 5.75 Å². The lowest BCUT2D eigenvalue weighted by molar-refractivity contribution is 0.00539. The van der Waals surface area contributed by atoms with E-state index < -0.39 is 0 Å². The van der Waals surface area contributed by atoms with Crippen LogP contribution in [0.1, 0.15) is 39.7 Å². The van der Waals surface area contributed by atoms with Crippen LogP contribution in [0.2, 0.25) is 0 Å². The first-order valence-electron chi connectivity index (χ1n) is 7.04. The molecule has 0 unspecified atom stereocenters. The predicted molar refractivity (Wildman–Crippen MR) is 87.3 cm³/mol. The van der Waals surface area contributed by atoms with E-state index in [-0.39, 0.29) is 5.60 Å². The molecule has 1 aromatic rings. The van der Waals surface area contributed by atoms with Crippen LogP contribution in [0.4, 0.5) is 0 Å². The Balaban J connectivity index is 2.51. The maximum Gasteiger partial charge on any atom is 0.133 e. The summed E-state index contributed by atoms with van der Waals surface area (Å²) in [7, 11) is 1.73. The Morgan fingerprint density at radius 3 is 2.55 bits per heavy atom. The maximum atomic E-state index is 5.81. The van der Waals surface area contributed by atoms with Gasteiger partial charge in [0.1, 0.15) is 5.75 Å². The molecule has 0 radical (unpaired) electrons. The van der Waals surface area contributed by atoms with Crippen LogP contribution in [0.3, 0.4) is 0 Å². The third-order valence-electron chi connectivity index (χ3n) is 3.23. The van der Waals surface area contributed by atoms with E-state index in [1.54, 1.807) is 7.11 Å². The number of ether oxygens (including phenoxy) is 2. The molecule has 0 aliphatic rings. The van der Waals surface area contributed by atoms with E-state index in [1.165, 1.54) is 5.56 Å². The Kier molecular flexibility index (Phi) is 7.00. The van der Waals surface area contributed by atoms with Crippen molar-refractivity contribution in [3.63, 3.8) is 0 Å². The van der Waals surface area contributed by atoms with Gasteiger partial charge < -0.3 is 14.8 Å². The first-order chi connectivity index (χ1) is 9.34. The van der Waals surface area contributed by atoms with E-state index in [0.29, 0.717) is 12.6 Å². The van der Waals surface area contributed by atoms with Crippen molar-refractivity contribution in [2.75, 3.05) is 13.7 Å². The summed E-state index contributed by atoms with van der Waals surface area (Å²) in [5.74, 6) is 0.880. The normalized spacial score (nSPS) is 11.9. The Hall–Kier alpha value is -0.580. The lowest BCUT2D eigenvalue weighted by Gasteiger charge is -2.22. The topological polar surface area (TPSA) is 30.5 Å². The molecule has 0 aliphatic heterocycles. The monoisotopic (exact) mass is 343 g/mol. The smallest absolute Gasteiger partial charge is 0.133 e. The van der Waals surface area contributed by atoms with E-state index in [9.17, 15) is 0 Å². The van der Waals surface area contributed by atoms with Gasteiger partial charge in [0.25, 0.3) is 0 Å². The molecule has 0 atom stereocenters. The third kappa shape index (κ3) is 6.25. The zero-order chi connectivity index (χ0) is 15.2. The highest BCUT2D eigenvalue weighted by Gasteiger charge is 2.16. The lowest BCUT2D eigenvalue weighted by Crippen LogP contribution is -2.25. The molecule has 0 heterocycles. The SMILES string of the molecule is COC(C)(C)CCOc1ccc(CNC(C)C)cc1Br. The van der Waals surface area contributed by atoms with Gasteiger partial charge in [-0.1, -0.05) is 19.9 Å². The molecule has 20 heavy (non-hydrogen) atoms.